The monoisotopic (exact) mass is 422 g/mol. The van der Waals surface area contributed by atoms with Crippen molar-refractivity contribution in [2.75, 3.05) is 0 Å². The average molecular weight is 423 g/mol. The first-order valence-corrected chi connectivity index (χ1v) is 11.4. The van der Waals surface area contributed by atoms with Crippen molar-refractivity contribution >= 4 is 11.8 Å². The highest BCUT2D eigenvalue weighted by atomic mass is 16.6. The molecule has 0 radical (unpaired) electrons. The summed E-state index contributed by atoms with van der Waals surface area (Å²) in [5.74, 6) is -0.485. The lowest BCUT2D eigenvalue weighted by Gasteiger charge is -2.34. The van der Waals surface area contributed by atoms with E-state index in [1.54, 1.807) is 24.3 Å². The molecule has 1 N–H and O–H groups in total. The summed E-state index contributed by atoms with van der Waals surface area (Å²) in [5.41, 5.74) is 0.994. The van der Waals surface area contributed by atoms with E-state index in [-0.39, 0.29) is 17.1 Å². The molecule has 0 unspecified atom stereocenters. The van der Waals surface area contributed by atoms with Crippen molar-refractivity contribution in [3.63, 3.8) is 0 Å². The number of carbonyl (C=O) groups is 2. The normalized spacial score (nSPS) is 40.3. The average Bonchev–Trinajstić information content (AvgIpc) is 3.16. The van der Waals surface area contributed by atoms with Crippen LogP contribution in [-0.4, -0.2) is 28.6 Å². The van der Waals surface area contributed by atoms with Crippen molar-refractivity contribution in [2.45, 2.75) is 65.6 Å². The zero-order valence-corrected chi connectivity index (χ0v) is 19.2. The topological polar surface area (TPSA) is 63.6 Å². The van der Waals surface area contributed by atoms with Gasteiger partial charge in [-0.2, -0.15) is 0 Å². The van der Waals surface area contributed by atoms with E-state index >= 15 is 0 Å². The minimum absolute atomic E-state index is 0.151. The molecule has 3 aliphatic carbocycles. The first kappa shape index (κ1) is 22.0. The van der Waals surface area contributed by atoms with Crippen LogP contribution in [0.1, 0.15) is 64.2 Å². The third kappa shape index (κ3) is 3.69. The van der Waals surface area contributed by atoms with Gasteiger partial charge in [-0.15, -0.1) is 0 Å². The quantitative estimate of drug-likeness (QED) is 0.530. The van der Waals surface area contributed by atoms with Gasteiger partial charge < -0.3 is 9.84 Å². The minimum Gasteiger partial charge on any atom is -0.446 e. The molecule has 6 atom stereocenters. The molecule has 31 heavy (non-hydrogen) atoms. The van der Waals surface area contributed by atoms with Crippen LogP contribution in [0.2, 0.25) is 0 Å². The van der Waals surface area contributed by atoms with E-state index in [9.17, 15) is 14.7 Å². The number of ether oxygens (including phenoxy) is 1. The van der Waals surface area contributed by atoms with E-state index in [0.29, 0.717) is 29.4 Å². The van der Waals surface area contributed by atoms with Gasteiger partial charge in [0.1, 0.15) is 0 Å². The minimum atomic E-state index is -1.38. The second-order valence-corrected chi connectivity index (χ2v) is 10.5. The summed E-state index contributed by atoms with van der Waals surface area (Å²) < 4.78 is 6.10. The Hall–Kier alpha value is -2.20. The summed E-state index contributed by atoms with van der Waals surface area (Å²) in [6.45, 7) is 10.4. The van der Waals surface area contributed by atoms with Gasteiger partial charge in [0.05, 0.1) is 17.6 Å². The highest BCUT2D eigenvalue weighted by Gasteiger charge is 2.60. The fourth-order valence-corrected chi connectivity index (χ4v) is 5.92. The van der Waals surface area contributed by atoms with Crippen LogP contribution >= 0.6 is 0 Å². The van der Waals surface area contributed by atoms with Crippen LogP contribution in [0.15, 0.2) is 53.6 Å². The number of esters is 1. The van der Waals surface area contributed by atoms with Crippen molar-refractivity contribution in [1.82, 2.24) is 0 Å². The number of aliphatic hydroxyl groups is 1. The molecule has 2 fully saturated rings. The highest BCUT2D eigenvalue weighted by Crippen LogP contribution is 2.62. The van der Waals surface area contributed by atoms with Gasteiger partial charge in [0.15, 0.2) is 5.60 Å². The largest absolute Gasteiger partial charge is 0.446 e. The number of allylic oxidation sites excluding steroid dienone is 2. The number of rotatable bonds is 2. The molecular formula is C27H34O4. The van der Waals surface area contributed by atoms with E-state index in [0.717, 1.165) is 18.4 Å². The Morgan fingerprint density at radius 2 is 1.77 bits per heavy atom. The van der Waals surface area contributed by atoms with Gasteiger partial charge in [0, 0.05) is 6.42 Å². The Morgan fingerprint density at radius 3 is 2.45 bits per heavy atom. The lowest BCUT2D eigenvalue weighted by Crippen LogP contribution is -2.48. The molecule has 0 heterocycles. The Bertz CT molecular complexity index is 941. The Kier molecular flexibility index (Phi) is 5.49. The maximum absolute atomic E-state index is 13.9. The summed E-state index contributed by atoms with van der Waals surface area (Å²) >= 11 is 0. The van der Waals surface area contributed by atoms with Gasteiger partial charge in [-0.05, 0) is 67.6 Å². The molecule has 2 saturated carbocycles. The molecule has 0 spiro atoms. The van der Waals surface area contributed by atoms with E-state index in [1.165, 1.54) is 0 Å². The highest BCUT2D eigenvalue weighted by molar-refractivity contribution is 6.04. The van der Waals surface area contributed by atoms with Gasteiger partial charge in [-0.3, -0.25) is 4.79 Å². The third-order valence-corrected chi connectivity index (χ3v) is 8.02. The van der Waals surface area contributed by atoms with Crippen molar-refractivity contribution in [2.24, 2.45) is 29.1 Å². The van der Waals surface area contributed by atoms with Gasteiger partial charge in [-0.25, -0.2) is 4.79 Å². The van der Waals surface area contributed by atoms with Gasteiger partial charge >= 0.3 is 5.97 Å². The van der Waals surface area contributed by atoms with Crippen LogP contribution in [0.3, 0.4) is 0 Å². The number of fused-ring (bicyclic) bond motifs is 2. The van der Waals surface area contributed by atoms with E-state index in [2.05, 4.69) is 26.8 Å². The second-order valence-electron chi connectivity index (χ2n) is 10.5. The van der Waals surface area contributed by atoms with Gasteiger partial charge in [-0.1, -0.05) is 56.7 Å². The number of ketones is 1. The SMILES string of the molecule is C/C1=C\[C@H]2[C@@H](O)[C@@H](C)C[C@]2(OC(=O)c2ccccc2)C(=O)/C(C)=C/[C@@H]2[C@H](CC1)C2(C)C. The van der Waals surface area contributed by atoms with Crippen LogP contribution in [0.25, 0.3) is 0 Å². The van der Waals surface area contributed by atoms with Crippen LogP contribution in [-0.2, 0) is 9.53 Å². The number of carbonyl (C=O) groups excluding carboxylic acids is 2. The molecule has 1 aromatic carbocycles. The first-order valence-electron chi connectivity index (χ1n) is 11.4. The number of hydrogen-bond acceptors (Lipinski definition) is 4. The van der Waals surface area contributed by atoms with E-state index < -0.39 is 23.6 Å². The summed E-state index contributed by atoms with van der Waals surface area (Å²) in [5, 5.41) is 11.0. The zero-order chi connectivity index (χ0) is 22.6. The predicted molar refractivity (Wildman–Crippen MR) is 120 cm³/mol. The van der Waals surface area contributed by atoms with Gasteiger partial charge in [0.25, 0.3) is 0 Å². The first-order chi connectivity index (χ1) is 14.6. The smallest absolute Gasteiger partial charge is 0.339 e. The molecule has 166 valence electrons. The van der Waals surface area contributed by atoms with E-state index in [1.807, 2.05) is 26.0 Å². The van der Waals surface area contributed by atoms with Crippen molar-refractivity contribution in [1.29, 1.82) is 0 Å². The summed E-state index contributed by atoms with van der Waals surface area (Å²) in [6.07, 6.45) is 5.68. The number of aliphatic hydroxyl groups excluding tert-OH is 1. The van der Waals surface area contributed by atoms with E-state index in [4.69, 9.17) is 4.74 Å². The van der Waals surface area contributed by atoms with Crippen LogP contribution in [0.4, 0.5) is 0 Å². The molecule has 0 bridgehead atoms. The van der Waals surface area contributed by atoms with Crippen LogP contribution in [0, 0.1) is 29.1 Å². The zero-order valence-electron chi connectivity index (χ0n) is 19.2. The number of hydrogen-bond donors (Lipinski definition) is 1. The maximum atomic E-state index is 13.9. The van der Waals surface area contributed by atoms with Gasteiger partial charge in [0.2, 0.25) is 5.78 Å². The summed E-state index contributed by atoms with van der Waals surface area (Å²) in [7, 11) is 0. The number of benzene rings is 1. The fraction of sp³-hybridized carbons (Fsp3) is 0.556. The van der Waals surface area contributed by atoms with Crippen molar-refractivity contribution < 1.29 is 19.4 Å². The summed E-state index contributed by atoms with van der Waals surface area (Å²) in [6, 6.07) is 8.78. The van der Waals surface area contributed by atoms with Crippen molar-refractivity contribution in [3.8, 4) is 0 Å². The Labute approximate surface area is 185 Å². The van der Waals surface area contributed by atoms with Crippen LogP contribution in [0.5, 0.6) is 0 Å². The fourth-order valence-electron chi connectivity index (χ4n) is 5.92. The predicted octanol–water partition coefficient (Wildman–Crippen LogP) is 5.13. The van der Waals surface area contributed by atoms with Crippen LogP contribution < -0.4 is 0 Å². The lowest BCUT2D eigenvalue weighted by atomic mass is 9.81. The Balaban J connectivity index is 1.80. The molecule has 4 nitrogen and oxygen atoms in total. The Morgan fingerprint density at radius 1 is 1.10 bits per heavy atom. The second kappa shape index (κ2) is 7.74. The molecule has 1 aromatic rings. The molecule has 0 saturated heterocycles. The molecule has 4 heteroatoms. The standard InChI is InChI=1S/C27H34O4/c1-16-11-12-20-21(26(20,4)5)14-17(2)24(29)27(15-18(3)23(28)22(27)13-16)31-25(30)19-9-7-6-8-10-19/h6-10,13-14,18,20-23,28H,11-12,15H2,1-5H3/b16-13+,17-14+/t18-,20-,21+,22-,23-,27+/m0/s1. The lowest BCUT2D eigenvalue weighted by molar-refractivity contribution is -0.138. The molecule has 4 rings (SSSR count). The molecule has 0 aromatic heterocycles. The molecule has 0 aliphatic heterocycles. The molecular weight excluding hydrogens is 388 g/mol. The number of Topliss-reactive ketones (excluding diaryl/α,β-unsaturated/α-hetero) is 1. The maximum Gasteiger partial charge on any atom is 0.339 e. The third-order valence-electron chi connectivity index (χ3n) is 8.02. The summed E-state index contributed by atoms with van der Waals surface area (Å²) in [4.78, 5) is 27.0. The molecule has 0 amide bonds. The molecule has 3 aliphatic rings. The van der Waals surface area contributed by atoms with Crippen molar-refractivity contribution in [3.05, 3.63) is 59.2 Å².